The van der Waals surface area contributed by atoms with Crippen LogP contribution in [0.5, 0.6) is 0 Å². The summed E-state index contributed by atoms with van der Waals surface area (Å²) in [5.41, 5.74) is -0.556. The number of nitrogens with zero attached hydrogens (tertiary/aromatic N) is 1. The van der Waals surface area contributed by atoms with Crippen LogP contribution >= 0.6 is 0 Å². The topological polar surface area (TPSA) is 52.9 Å². The molecular weight excluding hydrogens is 236 g/mol. The van der Waals surface area contributed by atoms with Crippen molar-refractivity contribution in [3.63, 3.8) is 0 Å². The van der Waals surface area contributed by atoms with E-state index in [0.29, 0.717) is 11.8 Å². The number of carbonyl (C=O) groups excluding carboxylic acids is 1. The number of carbonyl (C=O) groups is 1. The van der Waals surface area contributed by atoms with Crippen molar-refractivity contribution in [3.05, 3.63) is 0 Å². The highest BCUT2D eigenvalue weighted by atomic mass is 16.2. The van der Waals surface area contributed by atoms with Gasteiger partial charge in [-0.05, 0) is 56.3 Å². The molecule has 2 atom stereocenters. The first kappa shape index (κ1) is 13.0. The lowest BCUT2D eigenvalue weighted by Crippen LogP contribution is -2.50. The predicted octanol–water partition coefficient (Wildman–Crippen LogP) is 3.01. The summed E-state index contributed by atoms with van der Waals surface area (Å²) in [6, 6.07) is 2.41. The Balaban J connectivity index is 1.58. The zero-order valence-corrected chi connectivity index (χ0v) is 11.8. The van der Waals surface area contributed by atoms with E-state index in [2.05, 4.69) is 18.3 Å². The molecule has 104 valence electrons. The second kappa shape index (κ2) is 4.81. The fourth-order valence-electron chi connectivity index (χ4n) is 4.37. The van der Waals surface area contributed by atoms with Gasteiger partial charge in [0.15, 0.2) is 0 Å². The summed E-state index contributed by atoms with van der Waals surface area (Å²) in [7, 11) is 0. The van der Waals surface area contributed by atoms with Gasteiger partial charge in [0.05, 0.1) is 6.07 Å². The molecule has 1 N–H and O–H groups in total. The summed E-state index contributed by atoms with van der Waals surface area (Å²) in [6.45, 7) is 2.22. The highest BCUT2D eigenvalue weighted by Crippen LogP contribution is 2.57. The van der Waals surface area contributed by atoms with Gasteiger partial charge in [0.25, 0.3) is 0 Å². The molecule has 0 aromatic rings. The molecule has 0 aromatic heterocycles. The second-order valence-electron chi connectivity index (χ2n) is 6.82. The summed E-state index contributed by atoms with van der Waals surface area (Å²) in [5.74, 6) is 2.44. The van der Waals surface area contributed by atoms with E-state index >= 15 is 0 Å². The molecule has 19 heavy (non-hydrogen) atoms. The van der Waals surface area contributed by atoms with Gasteiger partial charge in [0.1, 0.15) is 5.54 Å². The molecular formula is C16H24N2O. The Bertz CT molecular complexity index is 393. The van der Waals surface area contributed by atoms with Crippen molar-refractivity contribution in [2.75, 3.05) is 0 Å². The first-order valence-corrected chi connectivity index (χ1v) is 7.92. The van der Waals surface area contributed by atoms with E-state index in [9.17, 15) is 10.1 Å². The van der Waals surface area contributed by atoms with Crippen LogP contribution in [0.2, 0.25) is 0 Å². The Hall–Kier alpha value is -1.04. The van der Waals surface area contributed by atoms with Crippen LogP contribution in [0.4, 0.5) is 0 Å². The van der Waals surface area contributed by atoms with Crippen LogP contribution in [0.1, 0.15) is 58.3 Å². The zero-order valence-electron chi connectivity index (χ0n) is 11.8. The Morgan fingerprint density at radius 3 is 2.42 bits per heavy atom. The van der Waals surface area contributed by atoms with Crippen LogP contribution in [0.25, 0.3) is 0 Å². The van der Waals surface area contributed by atoms with Gasteiger partial charge in [0.2, 0.25) is 5.91 Å². The number of nitrogens with one attached hydrogen (secondary N) is 1. The van der Waals surface area contributed by atoms with Crippen LogP contribution in [0, 0.1) is 35.0 Å². The minimum Gasteiger partial charge on any atom is -0.338 e. The minimum atomic E-state index is -0.556. The maximum absolute atomic E-state index is 12.3. The van der Waals surface area contributed by atoms with Gasteiger partial charge < -0.3 is 5.32 Å². The van der Waals surface area contributed by atoms with E-state index in [1.807, 2.05) is 0 Å². The number of rotatable bonds is 3. The molecule has 3 aliphatic carbocycles. The SMILES string of the molecule is CCC1CCC(C#N)(NC(=O)C2C3CCCC32)CC1. The molecule has 3 heteroatoms. The van der Waals surface area contributed by atoms with Crippen LogP contribution in [-0.4, -0.2) is 11.4 Å². The first-order valence-electron chi connectivity index (χ1n) is 7.92. The fourth-order valence-corrected chi connectivity index (χ4v) is 4.37. The highest BCUT2D eigenvalue weighted by molar-refractivity contribution is 5.83. The largest absolute Gasteiger partial charge is 0.338 e. The highest BCUT2D eigenvalue weighted by Gasteiger charge is 2.57. The van der Waals surface area contributed by atoms with Gasteiger partial charge in [-0.3, -0.25) is 4.79 Å². The molecule has 0 aliphatic heterocycles. The third-order valence-corrected chi connectivity index (χ3v) is 5.82. The maximum Gasteiger partial charge on any atom is 0.224 e. The minimum absolute atomic E-state index is 0.172. The van der Waals surface area contributed by atoms with Gasteiger partial charge in [-0.2, -0.15) is 5.26 Å². The van der Waals surface area contributed by atoms with Crippen molar-refractivity contribution in [2.45, 2.75) is 63.8 Å². The maximum atomic E-state index is 12.3. The Morgan fingerprint density at radius 1 is 1.26 bits per heavy atom. The number of fused-ring (bicyclic) bond motifs is 1. The monoisotopic (exact) mass is 260 g/mol. The lowest BCUT2D eigenvalue weighted by Gasteiger charge is -2.35. The quantitative estimate of drug-likeness (QED) is 0.848. The Kier molecular flexibility index (Phi) is 3.28. The van der Waals surface area contributed by atoms with Gasteiger partial charge >= 0.3 is 0 Å². The molecule has 0 saturated heterocycles. The van der Waals surface area contributed by atoms with Gasteiger partial charge in [-0.25, -0.2) is 0 Å². The molecule has 3 rings (SSSR count). The Labute approximate surface area is 115 Å². The predicted molar refractivity (Wildman–Crippen MR) is 73.1 cm³/mol. The molecule has 3 nitrogen and oxygen atoms in total. The van der Waals surface area contributed by atoms with Crippen molar-refractivity contribution in [1.82, 2.24) is 5.32 Å². The van der Waals surface area contributed by atoms with Crippen LogP contribution < -0.4 is 5.32 Å². The third-order valence-electron chi connectivity index (χ3n) is 5.82. The van der Waals surface area contributed by atoms with Gasteiger partial charge in [0, 0.05) is 5.92 Å². The smallest absolute Gasteiger partial charge is 0.224 e. The van der Waals surface area contributed by atoms with Gasteiger partial charge in [-0.1, -0.05) is 19.8 Å². The summed E-state index contributed by atoms with van der Waals surface area (Å²) < 4.78 is 0. The van der Waals surface area contributed by atoms with E-state index < -0.39 is 5.54 Å². The normalized spacial score (nSPS) is 44.2. The fraction of sp³-hybridized carbons (Fsp3) is 0.875. The summed E-state index contributed by atoms with van der Waals surface area (Å²) in [4.78, 5) is 12.3. The molecule has 2 unspecified atom stereocenters. The van der Waals surface area contributed by atoms with Crippen molar-refractivity contribution in [1.29, 1.82) is 5.26 Å². The van der Waals surface area contributed by atoms with Crippen molar-refractivity contribution in [2.24, 2.45) is 23.7 Å². The lowest BCUT2D eigenvalue weighted by atomic mass is 9.76. The lowest BCUT2D eigenvalue weighted by molar-refractivity contribution is -0.124. The molecule has 0 spiro atoms. The van der Waals surface area contributed by atoms with Gasteiger partial charge in [-0.15, -0.1) is 0 Å². The van der Waals surface area contributed by atoms with Crippen molar-refractivity contribution in [3.8, 4) is 6.07 Å². The molecule has 0 radical (unpaired) electrons. The number of hydrogen-bond acceptors (Lipinski definition) is 2. The second-order valence-corrected chi connectivity index (χ2v) is 6.82. The van der Waals surface area contributed by atoms with Crippen molar-refractivity contribution < 1.29 is 4.79 Å². The van der Waals surface area contributed by atoms with E-state index in [1.54, 1.807) is 0 Å². The number of hydrogen-bond donors (Lipinski definition) is 1. The molecule has 3 saturated carbocycles. The average molecular weight is 260 g/mol. The first-order chi connectivity index (χ1) is 9.19. The van der Waals surface area contributed by atoms with E-state index in [-0.39, 0.29) is 11.8 Å². The van der Waals surface area contributed by atoms with Crippen LogP contribution in [0.3, 0.4) is 0 Å². The summed E-state index contributed by atoms with van der Waals surface area (Å²) >= 11 is 0. The Morgan fingerprint density at radius 2 is 1.89 bits per heavy atom. The zero-order chi connectivity index (χ0) is 13.5. The summed E-state index contributed by atoms with van der Waals surface area (Å²) in [5, 5.41) is 12.6. The number of nitriles is 1. The molecule has 0 aromatic carbocycles. The molecule has 0 bridgehead atoms. The average Bonchev–Trinajstić information content (AvgIpc) is 2.93. The van der Waals surface area contributed by atoms with Crippen LogP contribution in [0.15, 0.2) is 0 Å². The molecule has 0 heterocycles. The van der Waals surface area contributed by atoms with E-state index in [0.717, 1.165) is 31.6 Å². The summed E-state index contributed by atoms with van der Waals surface area (Å²) in [6.07, 6.45) is 8.79. The molecule has 1 amide bonds. The van der Waals surface area contributed by atoms with E-state index in [4.69, 9.17) is 0 Å². The number of amides is 1. The van der Waals surface area contributed by atoms with E-state index in [1.165, 1.54) is 25.7 Å². The molecule has 3 fully saturated rings. The standard InChI is InChI=1S/C16H24N2O/c1-2-11-6-8-16(10-17,9-7-11)18-15(19)14-12-4-3-5-13(12)14/h11-14H,2-9H2,1H3,(H,18,19). The molecule has 3 aliphatic rings. The third kappa shape index (κ3) is 2.26. The van der Waals surface area contributed by atoms with Crippen molar-refractivity contribution >= 4 is 5.91 Å². The van der Waals surface area contributed by atoms with Crippen LogP contribution in [-0.2, 0) is 4.79 Å².